The summed E-state index contributed by atoms with van der Waals surface area (Å²) in [5.41, 5.74) is 3.00. The van der Waals surface area contributed by atoms with Gasteiger partial charge in [0, 0.05) is 16.3 Å². The Hall–Kier alpha value is -3.69. The van der Waals surface area contributed by atoms with Crippen LogP contribution < -0.4 is 4.90 Å². The number of benzene rings is 4. The number of phenols is 1. The van der Waals surface area contributed by atoms with Crippen molar-refractivity contribution in [3.05, 3.63) is 113 Å². The summed E-state index contributed by atoms with van der Waals surface area (Å²) >= 11 is 5.96. The minimum Gasteiger partial charge on any atom is -0.508 e. The smallest absolute Gasteiger partial charge is 0.294 e. The molecule has 3 N–H and O–H groups in total. The van der Waals surface area contributed by atoms with E-state index in [1.807, 2.05) is 30.3 Å². The van der Waals surface area contributed by atoms with Gasteiger partial charge in [-0.15, -0.1) is 0 Å². The standard InChI is InChI=1S/C30H26ClNO6S/c31-22-12-9-19(10-13-22)27(33)16-15-26-29(32(30(26)35)23-6-2-1-3-7-23)25-14-11-21(18-28(25)34)20-5-4-8-24(17-20)39(36,37)38/h1-14,17-18,26-27,29,33-34H,15-16H2,(H,36,37,38). The zero-order valence-corrected chi connectivity index (χ0v) is 22.3. The molecule has 0 bridgehead atoms. The zero-order valence-electron chi connectivity index (χ0n) is 20.7. The van der Waals surface area contributed by atoms with E-state index >= 15 is 0 Å². The molecule has 0 aromatic heterocycles. The lowest BCUT2D eigenvalue weighted by Gasteiger charge is -2.48. The van der Waals surface area contributed by atoms with Crippen LogP contribution in [0.25, 0.3) is 11.1 Å². The number of aliphatic hydroxyl groups excluding tert-OH is 1. The molecular formula is C30H26ClNO6S. The highest BCUT2D eigenvalue weighted by molar-refractivity contribution is 7.85. The van der Waals surface area contributed by atoms with Gasteiger partial charge in [-0.2, -0.15) is 8.42 Å². The molecule has 0 radical (unpaired) electrons. The average Bonchev–Trinajstić information content (AvgIpc) is 2.92. The third-order valence-electron chi connectivity index (χ3n) is 7.07. The number of hydrogen-bond donors (Lipinski definition) is 3. The van der Waals surface area contributed by atoms with E-state index in [4.69, 9.17) is 11.6 Å². The molecular weight excluding hydrogens is 538 g/mol. The average molecular weight is 564 g/mol. The minimum atomic E-state index is -4.38. The van der Waals surface area contributed by atoms with E-state index in [0.29, 0.717) is 45.8 Å². The SMILES string of the molecule is O=C1C(CCC(O)c2ccc(Cl)cc2)C(c2ccc(-c3cccc(S(=O)(=O)O)c3)cc2O)N1c1ccccc1. The number of nitrogens with zero attached hydrogens (tertiary/aromatic N) is 1. The van der Waals surface area contributed by atoms with Crippen LogP contribution in [0, 0.1) is 5.92 Å². The largest absolute Gasteiger partial charge is 0.508 e. The van der Waals surface area contributed by atoms with Crippen LogP contribution >= 0.6 is 11.6 Å². The number of anilines is 1. The number of hydrogen-bond acceptors (Lipinski definition) is 5. The van der Waals surface area contributed by atoms with Gasteiger partial charge in [-0.25, -0.2) is 0 Å². The Morgan fingerprint density at radius 3 is 2.23 bits per heavy atom. The highest BCUT2D eigenvalue weighted by atomic mass is 35.5. The van der Waals surface area contributed by atoms with Crippen molar-refractivity contribution >= 4 is 33.3 Å². The van der Waals surface area contributed by atoms with Crippen molar-refractivity contribution in [2.24, 2.45) is 5.92 Å². The number of aromatic hydroxyl groups is 1. The second kappa shape index (κ2) is 10.8. The normalized spacial score (nSPS) is 18.0. The molecule has 1 heterocycles. The van der Waals surface area contributed by atoms with Gasteiger partial charge in [0.2, 0.25) is 5.91 Å². The van der Waals surface area contributed by atoms with Crippen molar-refractivity contribution in [3.8, 4) is 16.9 Å². The molecule has 0 saturated carbocycles. The Bertz CT molecular complexity index is 1610. The highest BCUT2D eigenvalue weighted by Gasteiger charge is 2.49. The fourth-order valence-electron chi connectivity index (χ4n) is 5.06. The quantitative estimate of drug-likeness (QED) is 0.174. The van der Waals surface area contributed by atoms with E-state index in [9.17, 15) is 28.0 Å². The first-order valence-corrected chi connectivity index (χ1v) is 14.2. The number of phenolic OH excluding ortho intramolecular Hbond substituents is 1. The summed E-state index contributed by atoms with van der Waals surface area (Å²) in [6, 6.07) is 26.4. The zero-order chi connectivity index (χ0) is 27.7. The fraction of sp³-hybridized carbons (Fsp3) is 0.167. The van der Waals surface area contributed by atoms with Gasteiger partial charge in [-0.1, -0.05) is 66.2 Å². The number of rotatable bonds is 8. The highest BCUT2D eigenvalue weighted by Crippen LogP contribution is 2.49. The first-order valence-electron chi connectivity index (χ1n) is 12.4. The Labute approximate surface area is 231 Å². The first-order chi connectivity index (χ1) is 18.6. The van der Waals surface area contributed by atoms with Crippen LogP contribution in [0.2, 0.25) is 5.02 Å². The maximum absolute atomic E-state index is 13.3. The molecule has 5 rings (SSSR count). The summed E-state index contributed by atoms with van der Waals surface area (Å²) in [6.45, 7) is 0. The van der Waals surface area contributed by atoms with Crippen LogP contribution in [0.3, 0.4) is 0 Å². The van der Waals surface area contributed by atoms with E-state index in [0.717, 1.165) is 0 Å². The number of para-hydroxylation sites is 1. The number of carbonyl (C=O) groups excluding carboxylic acids is 1. The van der Waals surface area contributed by atoms with Gasteiger partial charge < -0.3 is 15.1 Å². The molecule has 1 aliphatic rings. The molecule has 9 heteroatoms. The molecule has 1 saturated heterocycles. The third kappa shape index (κ3) is 5.55. The van der Waals surface area contributed by atoms with Gasteiger partial charge >= 0.3 is 0 Å². The predicted molar refractivity (Wildman–Crippen MR) is 149 cm³/mol. The number of β-lactam (4-membered cyclic amide) rings is 1. The van der Waals surface area contributed by atoms with Gasteiger partial charge in [0.25, 0.3) is 10.1 Å². The van der Waals surface area contributed by atoms with Crippen LogP contribution in [0.4, 0.5) is 5.69 Å². The number of halogens is 1. The van der Waals surface area contributed by atoms with Gasteiger partial charge in [-0.3, -0.25) is 9.35 Å². The maximum Gasteiger partial charge on any atom is 0.294 e. The lowest BCUT2D eigenvalue weighted by molar-refractivity contribution is -0.131. The van der Waals surface area contributed by atoms with E-state index in [2.05, 4.69) is 0 Å². The van der Waals surface area contributed by atoms with Gasteiger partial charge in [0.05, 0.1) is 23.0 Å². The van der Waals surface area contributed by atoms with Gasteiger partial charge in [0.15, 0.2) is 0 Å². The van der Waals surface area contributed by atoms with Gasteiger partial charge in [0.1, 0.15) is 5.75 Å². The van der Waals surface area contributed by atoms with Crippen molar-refractivity contribution in [2.75, 3.05) is 4.90 Å². The van der Waals surface area contributed by atoms with E-state index < -0.39 is 28.2 Å². The molecule has 0 spiro atoms. The molecule has 1 fully saturated rings. The van der Waals surface area contributed by atoms with E-state index in [1.54, 1.807) is 47.4 Å². The van der Waals surface area contributed by atoms with Crippen LogP contribution in [0.5, 0.6) is 5.75 Å². The predicted octanol–water partition coefficient (Wildman–Crippen LogP) is 6.18. The first kappa shape index (κ1) is 26.9. The molecule has 3 unspecified atom stereocenters. The second-order valence-electron chi connectivity index (χ2n) is 9.52. The summed E-state index contributed by atoms with van der Waals surface area (Å²) in [5, 5.41) is 22.4. The van der Waals surface area contributed by atoms with Crippen molar-refractivity contribution in [3.63, 3.8) is 0 Å². The van der Waals surface area contributed by atoms with Gasteiger partial charge in [-0.05, 0) is 72.0 Å². The molecule has 7 nitrogen and oxygen atoms in total. The third-order valence-corrected chi connectivity index (χ3v) is 8.17. The summed E-state index contributed by atoms with van der Waals surface area (Å²) in [7, 11) is -4.38. The molecule has 4 aromatic carbocycles. The monoisotopic (exact) mass is 563 g/mol. The summed E-state index contributed by atoms with van der Waals surface area (Å²) in [6.07, 6.45) is -0.0281. The topological polar surface area (TPSA) is 115 Å². The lowest BCUT2D eigenvalue weighted by atomic mass is 9.77. The molecule has 1 amide bonds. The molecule has 200 valence electrons. The number of aliphatic hydroxyl groups is 1. The van der Waals surface area contributed by atoms with Crippen LogP contribution in [0.15, 0.2) is 102 Å². The Morgan fingerprint density at radius 2 is 1.56 bits per heavy atom. The van der Waals surface area contributed by atoms with E-state index in [-0.39, 0.29) is 16.6 Å². The van der Waals surface area contributed by atoms with E-state index in [1.165, 1.54) is 24.3 Å². The summed E-state index contributed by atoms with van der Waals surface area (Å²) in [5.74, 6) is -0.614. The molecule has 4 aromatic rings. The lowest BCUT2D eigenvalue weighted by Crippen LogP contribution is -2.55. The second-order valence-corrected chi connectivity index (χ2v) is 11.4. The Kier molecular flexibility index (Phi) is 7.46. The van der Waals surface area contributed by atoms with Crippen molar-refractivity contribution < 1.29 is 28.0 Å². The Balaban J connectivity index is 1.44. The molecule has 0 aliphatic carbocycles. The van der Waals surface area contributed by atoms with Crippen LogP contribution in [-0.4, -0.2) is 29.1 Å². The maximum atomic E-state index is 13.3. The fourth-order valence-corrected chi connectivity index (χ4v) is 5.71. The number of carbonyl (C=O) groups is 1. The molecule has 1 aliphatic heterocycles. The van der Waals surface area contributed by atoms with Crippen molar-refractivity contribution in [1.29, 1.82) is 0 Å². The van der Waals surface area contributed by atoms with Crippen LogP contribution in [-0.2, 0) is 14.9 Å². The minimum absolute atomic E-state index is 0.0496. The summed E-state index contributed by atoms with van der Waals surface area (Å²) in [4.78, 5) is 14.7. The number of amides is 1. The summed E-state index contributed by atoms with van der Waals surface area (Å²) < 4.78 is 32.5. The molecule has 3 atom stereocenters. The van der Waals surface area contributed by atoms with Crippen LogP contribution in [0.1, 0.15) is 36.1 Å². The molecule has 39 heavy (non-hydrogen) atoms. The Morgan fingerprint density at radius 1 is 0.872 bits per heavy atom. The van der Waals surface area contributed by atoms with Crippen molar-refractivity contribution in [2.45, 2.75) is 29.9 Å². The van der Waals surface area contributed by atoms with Crippen molar-refractivity contribution in [1.82, 2.24) is 0 Å².